The molecule has 0 N–H and O–H groups in total. The smallest absolute Gasteiger partial charge is 0.266 e. The number of aromatic nitrogens is 2. The molecule has 0 spiro atoms. The van der Waals surface area contributed by atoms with E-state index in [0.29, 0.717) is 46.0 Å². The zero-order valence-electron chi connectivity index (χ0n) is 19.9. The summed E-state index contributed by atoms with van der Waals surface area (Å²) in [5, 5.41) is 0.967. The van der Waals surface area contributed by atoms with Crippen molar-refractivity contribution in [3.05, 3.63) is 105 Å². The molecule has 0 saturated carbocycles. The van der Waals surface area contributed by atoms with Crippen molar-refractivity contribution in [3.63, 3.8) is 0 Å². The first-order valence-corrected chi connectivity index (χ1v) is 12.0. The Kier molecular flexibility index (Phi) is 7.31. The Hall–Kier alpha value is -3.51. The van der Waals surface area contributed by atoms with Gasteiger partial charge in [0.05, 0.1) is 22.6 Å². The number of para-hydroxylation sites is 1. The summed E-state index contributed by atoms with van der Waals surface area (Å²) < 4.78 is 15.1. The summed E-state index contributed by atoms with van der Waals surface area (Å²) in [6, 6.07) is 19.2. The first-order chi connectivity index (χ1) is 16.8. The van der Waals surface area contributed by atoms with Crippen LogP contribution in [-0.2, 0) is 0 Å². The number of hydrogen-bond acceptors (Lipinski definition) is 3. The van der Waals surface area contributed by atoms with Crippen molar-refractivity contribution in [2.24, 2.45) is 5.92 Å². The monoisotopic (exact) mass is 491 g/mol. The molecule has 4 rings (SSSR count). The topological polar surface area (TPSA) is 55.2 Å². The van der Waals surface area contributed by atoms with Gasteiger partial charge in [-0.3, -0.25) is 14.2 Å². The van der Waals surface area contributed by atoms with Gasteiger partial charge in [-0.25, -0.2) is 9.37 Å². The molecule has 0 aliphatic carbocycles. The molecule has 0 aliphatic heterocycles. The molecule has 7 heteroatoms. The minimum Gasteiger partial charge on any atom is -0.328 e. The second-order valence-electron chi connectivity index (χ2n) is 8.89. The van der Waals surface area contributed by atoms with Gasteiger partial charge in [-0.05, 0) is 66.9 Å². The van der Waals surface area contributed by atoms with Gasteiger partial charge in [0.2, 0.25) is 0 Å². The maximum absolute atomic E-state index is 13.7. The van der Waals surface area contributed by atoms with Gasteiger partial charge >= 0.3 is 0 Å². The van der Waals surface area contributed by atoms with Crippen LogP contribution in [0.1, 0.15) is 49.4 Å². The molecule has 1 unspecified atom stereocenters. The van der Waals surface area contributed by atoms with Crippen LogP contribution in [0.15, 0.2) is 77.6 Å². The summed E-state index contributed by atoms with van der Waals surface area (Å²) in [5.74, 6) is -0.0459. The number of nitrogens with zero attached hydrogens (tertiary/aromatic N) is 3. The Bertz CT molecular complexity index is 1420. The van der Waals surface area contributed by atoms with Crippen LogP contribution in [0.4, 0.5) is 4.39 Å². The fourth-order valence-corrected chi connectivity index (χ4v) is 4.47. The molecule has 1 amide bonds. The third-order valence-electron chi connectivity index (χ3n) is 5.84. The van der Waals surface area contributed by atoms with Crippen molar-refractivity contribution in [3.8, 4) is 5.69 Å². The predicted molar refractivity (Wildman–Crippen MR) is 138 cm³/mol. The molecule has 180 valence electrons. The largest absolute Gasteiger partial charge is 0.328 e. The van der Waals surface area contributed by atoms with E-state index in [9.17, 15) is 14.0 Å². The number of amides is 1. The van der Waals surface area contributed by atoms with Gasteiger partial charge in [-0.2, -0.15) is 0 Å². The third kappa shape index (κ3) is 5.13. The Morgan fingerprint density at radius 1 is 1.06 bits per heavy atom. The number of carbonyl (C=O) groups is 1. The fraction of sp³-hybridized carbons (Fsp3) is 0.250. The van der Waals surface area contributed by atoms with Gasteiger partial charge in [-0.15, -0.1) is 0 Å². The molecule has 1 atom stereocenters. The van der Waals surface area contributed by atoms with Crippen molar-refractivity contribution in [2.45, 2.75) is 33.2 Å². The molecule has 0 bridgehead atoms. The number of halogens is 2. The van der Waals surface area contributed by atoms with E-state index in [2.05, 4.69) is 0 Å². The van der Waals surface area contributed by atoms with Crippen LogP contribution in [0.2, 0.25) is 5.02 Å². The van der Waals surface area contributed by atoms with Crippen LogP contribution in [0.3, 0.4) is 0 Å². The average Bonchev–Trinajstić information content (AvgIpc) is 2.84. The second-order valence-corrected chi connectivity index (χ2v) is 9.33. The zero-order valence-corrected chi connectivity index (χ0v) is 20.7. The number of fused-ring (bicyclic) bond motifs is 1. The lowest BCUT2D eigenvalue weighted by Gasteiger charge is -2.33. The number of benzene rings is 3. The van der Waals surface area contributed by atoms with Crippen molar-refractivity contribution in [2.75, 3.05) is 6.54 Å². The molecule has 35 heavy (non-hydrogen) atoms. The van der Waals surface area contributed by atoms with E-state index in [0.717, 1.165) is 0 Å². The summed E-state index contributed by atoms with van der Waals surface area (Å²) in [7, 11) is 0. The van der Waals surface area contributed by atoms with Crippen LogP contribution < -0.4 is 5.56 Å². The van der Waals surface area contributed by atoms with Gasteiger partial charge < -0.3 is 4.90 Å². The summed E-state index contributed by atoms with van der Waals surface area (Å²) in [6.45, 7) is 6.44. The fourth-order valence-electron chi connectivity index (χ4n) is 4.28. The maximum Gasteiger partial charge on any atom is 0.266 e. The van der Waals surface area contributed by atoms with Crippen LogP contribution in [0, 0.1) is 11.7 Å². The average molecular weight is 492 g/mol. The van der Waals surface area contributed by atoms with Crippen LogP contribution in [0.25, 0.3) is 16.6 Å². The minimum absolute atomic E-state index is 0.153. The number of rotatable bonds is 7. The van der Waals surface area contributed by atoms with Gasteiger partial charge in [0.15, 0.2) is 0 Å². The third-order valence-corrected chi connectivity index (χ3v) is 6.08. The van der Waals surface area contributed by atoms with E-state index in [4.69, 9.17) is 16.6 Å². The second kappa shape index (κ2) is 10.4. The Labute approximate surface area is 208 Å². The highest BCUT2D eigenvalue weighted by molar-refractivity contribution is 6.30. The molecular weight excluding hydrogens is 465 g/mol. The van der Waals surface area contributed by atoms with Crippen molar-refractivity contribution in [1.82, 2.24) is 14.5 Å². The van der Waals surface area contributed by atoms with Crippen LogP contribution in [0.5, 0.6) is 0 Å². The molecule has 1 aromatic heterocycles. The van der Waals surface area contributed by atoms with E-state index in [1.165, 1.54) is 24.3 Å². The highest BCUT2D eigenvalue weighted by atomic mass is 35.5. The summed E-state index contributed by atoms with van der Waals surface area (Å²) in [5.41, 5.74) is 1.28. The molecular formula is C28H27ClFN3O2. The van der Waals surface area contributed by atoms with Crippen molar-refractivity contribution >= 4 is 28.4 Å². The van der Waals surface area contributed by atoms with Crippen LogP contribution in [-0.4, -0.2) is 26.9 Å². The minimum atomic E-state index is -0.508. The summed E-state index contributed by atoms with van der Waals surface area (Å²) >= 11 is 6.27. The lowest BCUT2D eigenvalue weighted by molar-refractivity contribution is 0.0631. The Morgan fingerprint density at radius 2 is 1.77 bits per heavy atom. The van der Waals surface area contributed by atoms with E-state index in [-0.39, 0.29) is 17.4 Å². The number of hydrogen-bond donors (Lipinski definition) is 0. The standard InChI is InChI=1S/C28H27ClFN3O2/c1-4-25(32(17-18(2)3)27(34)19-12-14-21(30)15-13-19)26-31-24-11-6-5-10-23(24)28(35)33(26)22-9-7-8-20(29)16-22/h5-16,18,25H,4,17H2,1-3H3. The van der Waals surface area contributed by atoms with Crippen LogP contribution >= 0.6 is 11.6 Å². The van der Waals surface area contributed by atoms with Gasteiger partial charge in [0.25, 0.3) is 11.5 Å². The van der Waals surface area contributed by atoms with E-state index < -0.39 is 11.9 Å². The van der Waals surface area contributed by atoms with E-state index >= 15 is 0 Å². The zero-order chi connectivity index (χ0) is 25.1. The van der Waals surface area contributed by atoms with Crippen molar-refractivity contribution < 1.29 is 9.18 Å². The highest BCUT2D eigenvalue weighted by Crippen LogP contribution is 2.29. The predicted octanol–water partition coefficient (Wildman–Crippen LogP) is 6.43. The maximum atomic E-state index is 13.7. The highest BCUT2D eigenvalue weighted by Gasteiger charge is 2.30. The first kappa shape index (κ1) is 24.6. The Morgan fingerprint density at radius 3 is 2.43 bits per heavy atom. The van der Waals surface area contributed by atoms with E-state index in [1.54, 1.807) is 51.9 Å². The normalized spacial score (nSPS) is 12.2. The van der Waals surface area contributed by atoms with E-state index in [1.807, 2.05) is 26.8 Å². The molecule has 5 nitrogen and oxygen atoms in total. The quantitative estimate of drug-likeness (QED) is 0.299. The lowest BCUT2D eigenvalue weighted by Crippen LogP contribution is -2.40. The summed E-state index contributed by atoms with van der Waals surface area (Å²) in [4.78, 5) is 34.1. The molecule has 4 aromatic rings. The molecule has 0 aliphatic rings. The molecule has 0 radical (unpaired) electrons. The van der Waals surface area contributed by atoms with Gasteiger partial charge in [0, 0.05) is 17.1 Å². The number of carbonyl (C=O) groups excluding carboxylic acids is 1. The molecule has 1 heterocycles. The van der Waals surface area contributed by atoms with Crippen molar-refractivity contribution in [1.29, 1.82) is 0 Å². The van der Waals surface area contributed by atoms with Gasteiger partial charge in [-0.1, -0.05) is 50.6 Å². The molecule has 0 saturated heterocycles. The molecule has 0 fully saturated rings. The van der Waals surface area contributed by atoms with Gasteiger partial charge in [0.1, 0.15) is 11.6 Å². The SMILES string of the molecule is CCC(c1nc2ccccc2c(=O)n1-c1cccc(Cl)c1)N(CC(C)C)C(=O)c1ccc(F)cc1. The lowest BCUT2D eigenvalue weighted by atomic mass is 10.1. The summed E-state index contributed by atoms with van der Waals surface area (Å²) in [6.07, 6.45) is 0.519. The first-order valence-electron chi connectivity index (χ1n) is 11.6. The molecule has 3 aromatic carbocycles. The Balaban J connectivity index is 1.96.